The van der Waals surface area contributed by atoms with Crippen LogP contribution in [0.3, 0.4) is 0 Å². The molecule has 108 valence electrons. The van der Waals surface area contributed by atoms with Crippen LogP contribution in [0.2, 0.25) is 0 Å². The summed E-state index contributed by atoms with van der Waals surface area (Å²) in [4.78, 5) is 7.19. The maximum absolute atomic E-state index is 2.56. The summed E-state index contributed by atoms with van der Waals surface area (Å²) < 4.78 is 0. The van der Waals surface area contributed by atoms with Crippen LogP contribution in [0.4, 0.5) is 0 Å². The first-order valence-electron chi connectivity index (χ1n) is 7.53. The van der Waals surface area contributed by atoms with Gasteiger partial charge in [-0.15, -0.1) is 0 Å². The van der Waals surface area contributed by atoms with Gasteiger partial charge in [0.2, 0.25) is 0 Å². The van der Waals surface area contributed by atoms with Gasteiger partial charge in [-0.1, -0.05) is 13.8 Å². The van der Waals surface area contributed by atoms with E-state index in [9.17, 15) is 0 Å². The summed E-state index contributed by atoms with van der Waals surface area (Å²) in [6, 6.07) is 0. The zero-order chi connectivity index (χ0) is 13.5. The van der Waals surface area contributed by atoms with Gasteiger partial charge < -0.3 is 14.7 Å². The molecular formula is C15H33N3. The van der Waals surface area contributed by atoms with E-state index in [1.54, 1.807) is 0 Å². The Hall–Kier alpha value is -0.120. The lowest BCUT2D eigenvalue weighted by atomic mass is 10.2. The number of likely N-dealkylation sites (tertiary alicyclic amines) is 2. The molecule has 2 rings (SSSR count). The summed E-state index contributed by atoms with van der Waals surface area (Å²) in [5, 5.41) is 0. The molecule has 0 spiro atoms. The van der Waals surface area contributed by atoms with E-state index in [2.05, 4.69) is 49.7 Å². The zero-order valence-electron chi connectivity index (χ0n) is 13.2. The lowest BCUT2D eigenvalue weighted by molar-refractivity contribution is 0.277. The third kappa shape index (κ3) is 6.72. The Labute approximate surface area is 114 Å². The molecular weight excluding hydrogens is 222 g/mol. The van der Waals surface area contributed by atoms with Crippen molar-refractivity contribution in [2.24, 2.45) is 11.8 Å². The summed E-state index contributed by atoms with van der Waals surface area (Å²) in [5.74, 6) is 1.88. The SMILES string of the molecule is CC1CCN(C)C1.CC1CCN(CCN(C)C)C1. The quantitative estimate of drug-likeness (QED) is 0.762. The molecule has 3 heteroatoms. The van der Waals surface area contributed by atoms with Crippen LogP contribution in [-0.2, 0) is 0 Å². The van der Waals surface area contributed by atoms with Crippen molar-refractivity contribution < 1.29 is 0 Å². The van der Waals surface area contributed by atoms with Crippen molar-refractivity contribution in [3.8, 4) is 0 Å². The van der Waals surface area contributed by atoms with Gasteiger partial charge >= 0.3 is 0 Å². The molecule has 0 radical (unpaired) electrons. The van der Waals surface area contributed by atoms with E-state index >= 15 is 0 Å². The normalized spacial score (nSPS) is 29.7. The largest absolute Gasteiger partial charge is 0.308 e. The maximum Gasteiger partial charge on any atom is 0.0109 e. The summed E-state index contributed by atoms with van der Waals surface area (Å²) in [6.07, 6.45) is 2.80. The first-order valence-corrected chi connectivity index (χ1v) is 7.53. The van der Waals surface area contributed by atoms with Crippen molar-refractivity contribution in [3.63, 3.8) is 0 Å². The minimum atomic E-state index is 0.928. The monoisotopic (exact) mass is 255 g/mol. The number of hydrogen-bond acceptors (Lipinski definition) is 3. The van der Waals surface area contributed by atoms with Crippen LogP contribution in [0.1, 0.15) is 26.7 Å². The lowest BCUT2D eigenvalue weighted by Crippen LogP contribution is -2.29. The van der Waals surface area contributed by atoms with E-state index in [1.807, 2.05) is 0 Å². The van der Waals surface area contributed by atoms with Crippen LogP contribution in [0, 0.1) is 11.8 Å². The molecule has 2 aliphatic heterocycles. The highest BCUT2D eigenvalue weighted by atomic mass is 15.2. The predicted molar refractivity (Wildman–Crippen MR) is 80.1 cm³/mol. The van der Waals surface area contributed by atoms with Gasteiger partial charge in [0.25, 0.3) is 0 Å². The fraction of sp³-hybridized carbons (Fsp3) is 1.00. The highest BCUT2D eigenvalue weighted by Crippen LogP contribution is 2.14. The lowest BCUT2D eigenvalue weighted by Gasteiger charge is -2.17. The topological polar surface area (TPSA) is 9.72 Å². The first kappa shape index (κ1) is 15.9. The molecule has 2 aliphatic rings. The molecule has 0 bridgehead atoms. The van der Waals surface area contributed by atoms with Gasteiger partial charge in [0.15, 0.2) is 0 Å². The van der Waals surface area contributed by atoms with Crippen molar-refractivity contribution in [3.05, 3.63) is 0 Å². The van der Waals surface area contributed by atoms with Gasteiger partial charge in [0.1, 0.15) is 0 Å². The van der Waals surface area contributed by atoms with Crippen molar-refractivity contribution in [2.45, 2.75) is 26.7 Å². The summed E-state index contributed by atoms with van der Waals surface area (Å²) in [6.45, 7) is 12.3. The second-order valence-electron chi connectivity index (χ2n) is 6.65. The van der Waals surface area contributed by atoms with Crippen LogP contribution in [0.5, 0.6) is 0 Å². The van der Waals surface area contributed by atoms with Crippen LogP contribution < -0.4 is 0 Å². The van der Waals surface area contributed by atoms with E-state index in [0.29, 0.717) is 0 Å². The molecule has 0 aromatic rings. The Kier molecular flexibility index (Phi) is 7.20. The minimum absolute atomic E-state index is 0.928. The van der Waals surface area contributed by atoms with E-state index in [4.69, 9.17) is 0 Å². The molecule has 2 saturated heterocycles. The van der Waals surface area contributed by atoms with E-state index < -0.39 is 0 Å². The van der Waals surface area contributed by atoms with Gasteiger partial charge in [-0.05, 0) is 58.9 Å². The molecule has 3 nitrogen and oxygen atoms in total. The van der Waals surface area contributed by atoms with Crippen LogP contribution >= 0.6 is 0 Å². The smallest absolute Gasteiger partial charge is 0.0109 e. The fourth-order valence-corrected chi connectivity index (χ4v) is 2.73. The van der Waals surface area contributed by atoms with Crippen molar-refractivity contribution in [1.82, 2.24) is 14.7 Å². The van der Waals surface area contributed by atoms with Gasteiger partial charge in [-0.2, -0.15) is 0 Å². The van der Waals surface area contributed by atoms with Gasteiger partial charge in [0, 0.05) is 26.2 Å². The van der Waals surface area contributed by atoms with Crippen molar-refractivity contribution in [1.29, 1.82) is 0 Å². The van der Waals surface area contributed by atoms with E-state index in [1.165, 1.54) is 52.1 Å². The number of hydrogen-bond donors (Lipinski definition) is 0. The Morgan fingerprint density at radius 2 is 1.61 bits per heavy atom. The summed E-state index contributed by atoms with van der Waals surface area (Å²) >= 11 is 0. The predicted octanol–water partition coefficient (Wildman–Crippen LogP) is 1.85. The molecule has 2 atom stereocenters. The zero-order valence-corrected chi connectivity index (χ0v) is 13.2. The molecule has 2 heterocycles. The van der Waals surface area contributed by atoms with Crippen LogP contribution in [0.25, 0.3) is 0 Å². The van der Waals surface area contributed by atoms with E-state index in [0.717, 1.165) is 11.8 Å². The van der Waals surface area contributed by atoms with Gasteiger partial charge in [-0.25, -0.2) is 0 Å². The highest BCUT2D eigenvalue weighted by Gasteiger charge is 2.17. The first-order chi connectivity index (χ1) is 8.47. The molecule has 0 N–H and O–H groups in total. The maximum atomic E-state index is 2.56. The Morgan fingerprint density at radius 3 is 1.94 bits per heavy atom. The van der Waals surface area contributed by atoms with Crippen molar-refractivity contribution in [2.75, 3.05) is 60.4 Å². The molecule has 0 aromatic carbocycles. The fourth-order valence-electron chi connectivity index (χ4n) is 2.73. The minimum Gasteiger partial charge on any atom is -0.308 e. The summed E-state index contributed by atoms with van der Waals surface area (Å²) in [7, 11) is 6.46. The van der Waals surface area contributed by atoms with Crippen LogP contribution in [-0.4, -0.2) is 75.1 Å². The van der Waals surface area contributed by atoms with E-state index in [-0.39, 0.29) is 0 Å². The number of nitrogens with zero attached hydrogens (tertiary/aromatic N) is 3. The molecule has 2 fully saturated rings. The van der Waals surface area contributed by atoms with Gasteiger partial charge in [0.05, 0.1) is 0 Å². The molecule has 0 aliphatic carbocycles. The third-order valence-corrected chi connectivity index (χ3v) is 4.00. The third-order valence-electron chi connectivity index (χ3n) is 4.00. The number of rotatable bonds is 3. The number of likely N-dealkylation sites (N-methyl/N-ethyl adjacent to an activating group) is 1. The average Bonchev–Trinajstić information content (AvgIpc) is 2.86. The molecule has 18 heavy (non-hydrogen) atoms. The van der Waals surface area contributed by atoms with Crippen molar-refractivity contribution >= 4 is 0 Å². The molecule has 0 saturated carbocycles. The van der Waals surface area contributed by atoms with Crippen LogP contribution in [0.15, 0.2) is 0 Å². The molecule has 0 amide bonds. The Bertz CT molecular complexity index is 210. The Balaban J connectivity index is 0.000000199. The average molecular weight is 255 g/mol. The second-order valence-corrected chi connectivity index (χ2v) is 6.65. The molecule has 2 unspecified atom stereocenters. The summed E-state index contributed by atoms with van der Waals surface area (Å²) in [5.41, 5.74) is 0. The second kappa shape index (κ2) is 8.13. The van der Waals surface area contributed by atoms with Gasteiger partial charge in [-0.3, -0.25) is 0 Å². The standard InChI is InChI=1S/C9H20N2.C6H13N/c1-9-4-5-11(8-9)7-6-10(2)3;1-6-3-4-7(2)5-6/h9H,4-8H2,1-3H3;6H,3-5H2,1-2H3. The molecule has 0 aromatic heterocycles. The highest BCUT2D eigenvalue weighted by molar-refractivity contribution is 4.72. The Morgan fingerprint density at radius 1 is 1.00 bits per heavy atom.